The van der Waals surface area contributed by atoms with Gasteiger partial charge >= 0.3 is 12.0 Å². The fourth-order valence-corrected chi connectivity index (χ4v) is 2.06. The van der Waals surface area contributed by atoms with Gasteiger partial charge in [-0.15, -0.1) is 0 Å². The third-order valence-corrected chi connectivity index (χ3v) is 3.32. The maximum absolute atomic E-state index is 12.3. The highest BCUT2D eigenvalue weighted by molar-refractivity contribution is 5.99. The van der Waals surface area contributed by atoms with Crippen LogP contribution in [0.15, 0.2) is 54.6 Å². The van der Waals surface area contributed by atoms with Crippen LogP contribution in [0.4, 0.5) is 10.5 Å². The number of carbonyl (C=O) groups excluding carboxylic acids is 3. The van der Waals surface area contributed by atoms with Crippen LogP contribution in [0.5, 0.6) is 0 Å². The molecule has 0 unspecified atom stereocenters. The molecule has 0 radical (unpaired) electrons. The highest BCUT2D eigenvalue weighted by Crippen LogP contribution is 2.21. The van der Waals surface area contributed by atoms with Gasteiger partial charge in [0.15, 0.2) is 0 Å². The number of nitrogens with one attached hydrogen (secondary N) is 2. The summed E-state index contributed by atoms with van der Waals surface area (Å²) in [5.74, 6) is -1.79. The van der Waals surface area contributed by atoms with E-state index in [1.54, 1.807) is 30.3 Å². The number of nitro groups is 1. The molecule has 2 N–H and O–H groups in total. The Morgan fingerprint density at radius 3 is 2.38 bits per heavy atom. The molecule has 2 rings (SSSR count). The molecule has 2 aromatic carbocycles. The molecule has 0 aliphatic heterocycles. The zero-order valence-corrected chi connectivity index (χ0v) is 13.7. The Bertz CT molecular complexity index is 837. The first kappa shape index (κ1) is 18.6. The van der Waals surface area contributed by atoms with Gasteiger partial charge in [-0.05, 0) is 6.07 Å². The first-order valence-electron chi connectivity index (χ1n) is 7.45. The molecule has 0 fully saturated rings. The predicted octanol–water partition coefficient (Wildman–Crippen LogP) is 1.95. The van der Waals surface area contributed by atoms with E-state index in [1.165, 1.54) is 25.2 Å². The molecule has 1 atom stereocenters. The van der Waals surface area contributed by atoms with Crippen LogP contribution in [0, 0.1) is 10.1 Å². The summed E-state index contributed by atoms with van der Waals surface area (Å²) >= 11 is 0. The molecule has 9 heteroatoms. The molecule has 0 saturated carbocycles. The summed E-state index contributed by atoms with van der Waals surface area (Å²) in [6.07, 6.45) is -1.40. The molecule has 0 heterocycles. The summed E-state index contributed by atoms with van der Waals surface area (Å²) in [4.78, 5) is 46.2. The number of benzene rings is 2. The van der Waals surface area contributed by atoms with Crippen molar-refractivity contribution in [1.29, 1.82) is 0 Å². The SMILES string of the molecule is CNC(=O)NC(=O)[C@@H](OC(=O)c1cccc([N+](=O)[O-])c1)c1ccccc1. The van der Waals surface area contributed by atoms with Gasteiger partial charge < -0.3 is 10.1 Å². The van der Waals surface area contributed by atoms with Crippen molar-refractivity contribution in [2.24, 2.45) is 0 Å². The van der Waals surface area contributed by atoms with Gasteiger partial charge in [-0.1, -0.05) is 36.4 Å². The minimum Gasteiger partial charge on any atom is -0.444 e. The van der Waals surface area contributed by atoms with Crippen LogP contribution in [-0.2, 0) is 9.53 Å². The third-order valence-electron chi connectivity index (χ3n) is 3.32. The van der Waals surface area contributed by atoms with Crippen molar-refractivity contribution in [2.75, 3.05) is 7.05 Å². The molecule has 0 spiro atoms. The monoisotopic (exact) mass is 357 g/mol. The summed E-state index contributed by atoms with van der Waals surface area (Å²) < 4.78 is 5.21. The first-order chi connectivity index (χ1) is 12.4. The minimum atomic E-state index is -1.40. The van der Waals surface area contributed by atoms with Crippen LogP contribution in [0.25, 0.3) is 0 Å². The molecule has 9 nitrogen and oxygen atoms in total. The highest BCUT2D eigenvalue weighted by atomic mass is 16.6. The third kappa shape index (κ3) is 4.63. The van der Waals surface area contributed by atoms with Gasteiger partial charge in [0.25, 0.3) is 11.6 Å². The Labute approximate surface area is 148 Å². The zero-order chi connectivity index (χ0) is 19.1. The van der Waals surface area contributed by atoms with E-state index in [2.05, 4.69) is 5.32 Å². The van der Waals surface area contributed by atoms with E-state index < -0.39 is 28.9 Å². The summed E-state index contributed by atoms with van der Waals surface area (Å²) in [7, 11) is 1.33. The van der Waals surface area contributed by atoms with E-state index in [0.29, 0.717) is 5.56 Å². The van der Waals surface area contributed by atoms with Crippen molar-refractivity contribution in [3.05, 3.63) is 75.8 Å². The minimum absolute atomic E-state index is 0.0899. The summed E-state index contributed by atoms with van der Waals surface area (Å²) in [5, 5.41) is 15.1. The maximum atomic E-state index is 12.3. The van der Waals surface area contributed by atoms with Crippen LogP contribution in [0.2, 0.25) is 0 Å². The van der Waals surface area contributed by atoms with Gasteiger partial charge in [0.05, 0.1) is 10.5 Å². The zero-order valence-electron chi connectivity index (χ0n) is 13.7. The van der Waals surface area contributed by atoms with Crippen molar-refractivity contribution in [2.45, 2.75) is 6.10 Å². The van der Waals surface area contributed by atoms with Gasteiger partial charge in [0.1, 0.15) is 0 Å². The van der Waals surface area contributed by atoms with E-state index in [-0.39, 0.29) is 11.3 Å². The smallest absolute Gasteiger partial charge is 0.339 e. The number of hydrogen-bond donors (Lipinski definition) is 2. The van der Waals surface area contributed by atoms with E-state index in [9.17, 15) is 24.5 Å². The number of nitro benzene ring substituents is 1. The molecule has 26 heavy (non-hydrogen) atoms. The van der Waals surface area contributed by atoms with Gasteiger partial charge in [-0.25, -0.2) is 9.59 Å². The standard InChI is InChI=1S/C17H15N3O6/c1-18-17(23)19-15(21)14(11-6-3-2-4-7-11)26-16(22)12-8-5-9-13(10-12)20(24)25/h2-10,14H,1H3,(H2,18,19,21,23)/t14-/m0/s1. The molecule has 0 bridgehead atoms. The number of ether oxygens (including phenoxy) is 1. The number of hydrogen-bond acceptors (Lipinski definition) is 6. The molecule has 0 saturated heterocycles. The number of amides is 3. The Hall–Kier alpha value is -3.75. The molecular weight excluding hydrogens is 342 g/mol. The molecular formula is C17H15N3O6. The molecule has 0 aromatic heterocycles. The second kappa shape index (κ2) is 8.38. The average Bonchev–Trinajstić information content (AvgIpc) is 2.66. The number of urea groups is 1. The fourth-order valence-electron chi connectivity index (χ4n) is 2.06. The van der Waals surface area contributed by atoms with E-state index in [1.807, 2.05) is 5.32 Å². The fraction of sp³-hybridized carbons (Fsp3) is 0.118. The van der Waals surface area contributed by atoms with Crippen LogP contribution in [0.3, 0.4) is 0 Å². The van der Waals surface area contributed by atoms with Crippen molar-refractivity contribution in [3.8, 4) is 0 Å². The Morgan fingerprint density at radius 1 is 1.08 bits per heavy atom. The molecule has 0 aliphatic rings. The van der Waals surface area contributed by atoms with Crippen molar-refractivity contribution in [1.82, 2.24) is 10.6 Å². The quantitative estimate of drug-likeness (QED) is 0.478. The lowest BCUT2D eigenvalue weighted by Gasteiger charge is -2.17. The van der Waals surface area contributed by atoms with Gasteiger partial charge in [-0.2, -0.15) is 0 Å². The molecule has 3 amide bonds. The number of esters is 1. The van der Waals surface area contributed by atoms with E-state index >= 15 is 0 Å². The molecule has 0 aliphatic carbocycles. The predicted molar refractivity (Wildman–Crippen MR) is 90.3 cm³/mol. The van der Waals surface area contributed by atoms with Crippen molar-refractivity contribution < 1.29 is 24.0 Å². The average molecular weight is 357 g/mol. The number of nitrogens with zero attached hydrogens (tertiary/aromatic N) is 1. The largest absolute Gasteiger partial charge is 0.444 e. The van der Waals surface area contributed by atoms with Crippen molar-refractivity contribution in [3.63, 3.8) is 0 Å². The van der Waals surface area contributed by atoms with Gasteiger partial charge in [0.2, 0.25) is 6.10 Å². The van der Waals surface area contributed by atoms with Crippen molar-refractivity contribution >= 4 is 23.6 Å². The maximum Gasteiger partial charge on any atom is 0.339 e. The Balaban J connectivity index is 2.27. The van der Waals surface area contributed by atoms with Crippen LogP contribution < -0.4 is 10.6 Å². The second-order valence-corrected chi connectivity index (χ2v) is 5.07. The highest BCUT2D eigenvalue weighted by Gasteiger charge is 2.27. The summed E-state index contributed by atoms with van der Waals surface area (Å²) in [5.41, 5.74) is -0.0360. The topological polar surface area (TPSA) is 128 Å². The van der Waals surface area contributed by atoms with Gasteiger partial charge in [-0.3, -0.25) is 20.2 Å². The van der Waals surface area contributed by atoms with Crippen LogP contribution in [0.1, 0.15) is 22.0 Å². The lowest BCUT2D eigenvalue weighted by molar-refractivity contribution is -0.384. The lowest BCUT2D eigenvalue weighted by atomic mass is 10.1. The molecule has 2 aromatic rings. The molecule has 134 valence electrons. The Morgan fingerprint density at radius 2 is 1.77 bits per heavy atom. The Kier molecular flexibility index (Phi) is 5.99. The van der Waals surface area contributed by atoms with E-state index in [0.717, 1.165) is 6.07 Å². The normalized spacial score (nSPS) is 11.1. The first-order valence-corrected chi connectivity index (χ1v) is 7.45. The lowest BCUT2D eigenvalue weighted by Crippen LogP contribution is -2.41. The number of carbonyl (C=O) groups is 3. The van der Waals surface area contributed by atoms with Gasteiger partial charge in [0, 0.05) is 24.7 Å². The summed E-state index contributed by atoms with van der Waals surface area (Å²) in [6.45, 7) is 0. The number of rotatable bonds is 5. The number of imide groups is 1. The van der Waals surface area contributed by atoms with Crippen LogP contribution >= 0.6 is 0 Å². The van der Waals surface area contributed by atoms with Crippen LogP contribution in [-0.4, -0.2) is 29.9 Å². The second-order valence-electron chi connectivity index (χ2n) is 5.07. The summed E-state index contributed by atoms with van der Waals surface area (Å²) in [6, 6.07) is 12.2. The van der Waals surface area contributed by atoms with E-state index in [4.69, 9.17) is 4.74 Å². The number of non-ortho nitro benzene ring substituents is 1.